The van der Waals surface area contributed by atoms with E-state index >= 15 is 0 Å². The molecule has 8 heteroatoms. The fourth-order valence-electron chi connectivity index (χ4n) is 3.35. The van der Waals surface area contributed by atoms with Gasteiger partial charge in [0.25, 0.3) is 5.56 Å². The highest BCUT2D eigenvalue weighted by Crippen LogP contribution is 2.25. The average Bonchev–Trinajstić information content (AvgIpc) is 3.25. The molecule has 2 aromatic heterocycles. The topological polar surface area (TPSA) is 82.8 Å². The molecule has 0 saturated carbocycles. The van der Waals surface area contributed by atoms with Gasteiger partial charge < -0.3 is 9.47 Å². The van der Waals surface area contributed by atoms with Crippen LogP contribution in [-0.2, 0) is 4.79 Å². The van der Waals surface area contributed by atoms with Gasteiger partial charge in [-0.25, -0.2) is 0 Å². The van der Waals surface area contributed by atoms with Gasteiger partial charge in [0.2, 0.25) is 4.96 Å². The van der Waals surface area contributed by atoms with E-state index in [-0.39, 0.29) is 11.5 Å². The van der Waals surface area contributed by atoms with Crippen LogP contribution in [0.15, 0.2) is 41.2 Å². The lowest BCUT2D eigenvalue weighted by Gasteiger charge is -2.10. The maximum atomic E-state index is 12.8. The zero-order valence-electron chi connectivity index (χ0n) is 17.6. The number of carbonyl (C=O) groups excluding carboxylic acids is 1. The predicted molar refractivity (Wildman–Crippen MR) is 120 cm³/mol. The van der Waals surface area contributed by atoms with Gasteiger partial charge >= 0.3 is 5.97 Å². The molecule has 0 unspecified atom stereocenters. The highest BCUT2D eigenvalue weighted by molar-refractivity contribution is 7.15. The minimum Gasteiger partial charge on any atom is -0.494 e. The molecule has 0 bridgehead atoms. The number of ether oxygens (including phenoxy) is 2. The van der Waals surface area contributed by atoms with Crippen molar-refractivity contribution in [3.8, 4) is 22.9 Å². The Morgan fingerprint density at radius 2 is 1.84 bits per heavy atom. The summed E-state index contributed by atoms with van der Waals surface area (Å²) in [5.41, 5.74) is 3.09. The summed E-state index contributed by atoms with van der Waals surface area (Å²) in [6.07, 6.45) is 1.80. The molecule has 0 aliphatic heterocycles. The molecule has 0 aliphatic carbocycles. The highest BCUT2D eigenvalue weighted by Gasteiger charge is 2.13. The summed E-state index contributed by atoms with van der Waals surface area (Å²) < 4.78 is 12.6. The predicted octanol–water partition coefficient (Wildman–Crippen LogP) is 3.31. The number of esters is 1. The van der Waals surface area contributed by atoms with E-state index in [0.717, 1.165) is 28.0 Å². The number of benzene rings is 2. The van der Waals surface area contributed by atoms with E-state index in [2.05, 4.69) is 10.1 Å². The third kappa shape index (κ3) is 4.20. The SMILES string of the molecule is CCOc1ccc(-c2nc3sc(=Cc4cc(C)c(OC(C)=O)c(C)c4)c(=O)n3n2)cc1. The van der Waals surface area contributed by atoms with Crippen LogP contribution >= 0.6 is 11.3 Å². The van der Waals surface area contributed by atoms with Crippen molar-refractivity contribution < 1.29 is 14.3 Å². The maximum absolute atomic E-state index is 12.8. The first-order valence-corrected chi connectivity index (χ1v) is 10.6. The van der Waals surface area contributed by atoms with Gasteiger partial charge in [-0.3, -0.25) is 9.59 Å². The van der Waals surface area contributed by atoms with Gasteiger partial charge in [-0.2, -0.15) is 9.50 Å². The summed E-state index contributed by atoms with van der Waals surface area (Å²) in [6, 6.07) is 11.2. The number of aryl methyl sites for hydroxylation is 2. The number of aromatic nitrogens is 3. The van der Waals surface area contributed by atoms with Crippen LogP contribution in [0.25, 0.3) is 22.4 Å². The number of nitrogens with zero attached hydrogens (tertiary/aromatic N) is 3. The number of thiazole rings is 1. The van der Waals surface area contributed by atoms with Gasteiger partial charge in [-0.15, -0.1) is 5.10 Å². The Kier molecular flexibility index (Phi) is 5.56. The van der Waals surface area contributed by atoms with Crippen LogP contribution in [0, 0.1) is 13.8 Å². The van der Waals surface area contributed by atoms with Crippen LogP contribution in [0.2, 0.25) is 0 Å². The monoisotopic (exact) mass is 435 g/mol. The summed E-state index contributed by atoms with van der Waals surface area (Å²) in [5, 5.41) is 4.39. The molecule has 0 saturated heterocycles. The molecule has 0 fully saturated rings. The van der Waals surface area contributed by atoms with Gasteiger partial charge in [0.15, 0.2) is 5.82 Å². The normalized spacial score (nSPS) is 11.8. The second kappa shape index (κ2) is 8.31. The van der Waals surface area contributed by atoms with Crippen molar-refractivity contribution in [1.82, 2.24) is 14.6 Å². The van der Waals surface area contributed by atoms with Gasteiger partial charge in [0, 0.05) is 12.5 Å². The number of hydrogen-bond donors (Lipinski definition) is 0. The second-order valence-corrected chi connectivity index (χ2v) is 8.09. The van der Waals surface area contributed by atoms with E-state index in [0.29, 0.717) is 27.7 Å². The van der Waals surface area contributed by atoms with Crippen molar-refractivity contribution in [3.63, 3.8) is 0 Å². The zero-order valence-corrected chi connectivity index (χ0v) is 18.4. The quantitative estimate of drug-likeness (QED) is 0.353. The molecule has 0 spiro atoms. The van der Waals surface area contributed by atoms with Gasteiger partial charge in [-0.1, -0.05) is 11.3 Å². The van der Waals surface area contributed by atoms with Crippen molar-refractivity contribution in [2.75, 3.05) is 6.61 Å². The van der Waals surface area contributed by atoms with Crippen LogP contribution in [0.3, 0.4) is 0 Å². The van der Waals surface area contributed by atoms with Gasteiger partial charge in [0.05, 0.1) is 11.1 Å². The van der Waals surface area contributed by atoms with Crippen LogP contribution in [0.1, 0.15) is 30.5 Å². The van der Waals surface area contributed by atoms with Crippen molar-refractivity contribution in [3.05, 3.63) is 68.0 Å². The van der Waals surface area contributed by atoms with E-state index in [1.54, 1.807) is 6.08 Å². The molecule has 0 atom stereocenters. The molecule has 0 radical (unpaired) electrons. The fourth-order valence-corrected chi connectivity index (χ4v) is 4.25. The van der Waals surface area contributed by atoms with Crippen molar-refractivity contribution >= 4 is 28.3 Å². The van der Waals surface area contributed by atoms with E-state index in [4.69, 9.17) is 9.47 Å². The molecule has 7 nitrogen and oxygen atoms in total. The average molecular weight is 436 g/mol. The molecule has 0 N–H and O–H groups in total. The molecule has 2 aromatic carbocycles. The Hall–Kier alpha value is -3.52. The second-order valence-electron chi connectivity index (χ2n) is 7.08. The molecule has 4 rings (SSSR count). The Balaban J connectivity index is 1.69. The molecule has 0 amide bonds. The van der Waals surface area contributed by atoms with E-state index in [1.807, 2.05) is 57.2 Å². The Morgan fingerprint density at radius 1 is 1.16 bits per heavy atom. The minimum absolute atomic E-state index is 0.218. The number of carbonyl (C=O) groups is 1. The lowest BCUT2D eigenvalue weighted by molar-refractivity contribution is -0.131. The summed E-state index contributed by atoms with van der Waals surface area (Å²) in [6.45, 7) is 7.64. The molecule has 0 aliphatic rings. The fraction of sp³-hybridized carbons (Fsp3) is 0.217. The van der Waals surface area contributed by atoms with Gasteiger partial charge in [-0.05, 0) is 79.9 Å². The van der Waals surface area contributed by atoms with Gasteiger partial charge in [0.1, 0.15) is 11.5 Å². The first-order chi connectivity index (χ1) is 14.9. The molecule has 158 valence electrons. The Bertz CT molecular complexity index is 1360. The number of rotatable bonds is 5. The third-order valence-electron chi connectivity index (χ3n) is 4.63. The van der Waals surface area contributed by atoms with Crippen LogP contribution in [-0.4, -0.2) is 27.2 Å². The summed E-state index contributed by atoms with van der Waals surface area (Å²) in [7, 11) is 0. The Morgan fingerprint density at radius 3 is 2.42 bits per heavy atom. The zero-order chi connectivity index (χ0) is 22.1. The lowest BCUT2D eigenvalue weighted by atomic mass is 10.1. The first kappa shape index (κ1) is 20.7. The molecular weight excluding hydrogens is 414 g/mol. The third-order valence-corrected chi connectivity index (χ3v) is 5.59. The summed E-state index contributed by atoms with van der Waals surface area (Å²) in [5.74, 6) is 1.46. The number of hydrogen-bond acceptors (Lipinski definition) is 7. The standard InChI is InChI=1S/C23H21N3O4S/c1-5-29-18-8-6-17(7-9-18)21-24-23-26(25-21)22(28)19(31-23)12-16-10-13(2)20(14(3)11-16)30-15(4)27/h6-12H,5H2,1-4H3. The summed E-state index contributed by atoms with van der Waals surface area (Å²) >= 11 is 1.28. The van der Waals surface area contributed by atoms with E-state index < -0.39 is 0 Å². The van der Waals surface area contributed by atoms with Crippen LogP contribution < -0.4 is 19.6 Å². The minimum atomic E-state index is -0.362. The number of fused-ring (bicyclic) bond motifs is 1. The molecule has 31 heavy (non-hydrogen) atoms. The molecule has 2 heterocycles. The lowest BCUT2D eigenvalue weighted by Crippen LogP contribution is -2.23. The maximum Gasteiger partial charge on any atom is 0.308 e. The van der Waals surface area contributed by atoms with Crippen LogP contribution in [0.5, 0.6) is 11.5 Å². The summed E-state index contributed by atoms with van der Waals surface area (Å²) in [4.78, 5) is 29.2. The Labute approximate surface area is 182 Å². The highest BCUT2D eigenvalue weighted by atomic mass is 32.1. The van der Waals surface area contributed by atoms with Crippen molar-refractivity contribution in [1.29, 1.82) is 0 Å². The van der Waals surface area contributed by atoms with E-state index in [9.17, 15) is 9.59 Å². The largest absolute Gasteiger partial charge is 0.494 e. The molecule has 4 aromatic rings. The van der Waals surface area contributed by atoms with Crippen LogP contribution in [0.4, 0.5) is 0 Å². The van der Waals surface area contributed by atoms with Crippen molar-refractivity contribution in [2.24, 2.45) is 0 Å². The molecular formula is C23H21N3O4S. The smallest absolute Gasteiger partial charge is 0.308 e. The van der Waals surface area contributed by atoms with Crippen molar-refractivity contribution in [2.45, 2.75) is 27.7 Å². The first-order valence-electron chi connectivity index (χ1n) is 9.80. The van der Waals surface area contributed by atoms with E-state index in [1.165, 1.54) is 22.8 Å².